The molecule has 0 radical (unpaired) electrons. The predicted molar refractivity (Wildman–Crippen MR) is 118 cm³/mol. The van der Waals surface area contributed by atoms with Gasteiger partial charge in [0.25, 0.3) is 0 Å². The van der Waals surface area contributed by atoms with E-state index in [4.69, 9.17) is 27.9 Å². The summed E-state index contributed by atoms with van der Waals surface area (Å²) in [6.07, 6.45) is 4.30. The fraction of sp³-hybridized carbons (Fsp3) is 0.348. The van der Waals surface area contributed by atoms with Crippen LogP contribution in [0.4, 0.5) is 0 Å². The van der Waals surface area contributed by atoms with Crippen molar-refractivity contribution in [3.8, 4) is 0 Å². The maximum atomic E-state index is 12.9. The lowest BCUT2D eigenvalue weighted by molar-refractivity contribution is -0.122. The molecule has 0 bridgehead atoms. The summed E-state index contributed by atoms with van der Waals surface area (Å²) in [5.74, 6) is -0.116. The summed E-state index contributed by atoms with van der Waals surface area (Å²) in [5, 5.41) is 5.44. The van der Waals surface area contributed by atoms with Crippen LogP contribution in [0.5, 0.6) is 0 Å². The molecule has 29 heavy (non-hydrogen) atoms. The Balaban J connectivity index is 1.61. The summed E-state index contributed by atoms with van der Waals surface area (Å²) in [4.78, 5) is 16.2. The predicted octanol–water partition coefficient (Wildman–Crippen LogP) is 5.68. The van der Waals surface area contributed by atoms with Crippen LogP contribution in [0.1, 0.15) is 43.2 Å². The van der Waals surface area contributed by atoms with Gasteiger partial charge >= 0.3 is 0 Å². The van der Waals surface area contributed by atoms with E-state index in [1.807, 2.05) is 48.7 Å². The van der Waals surface area contributed by atoms with Crippen molar-refractivity contribution < 1.29 is 9.53 Å². The van der Waals surface area contributed by atoms with E-state index in [0.29, 0.717) is 23.0 Å². The molecule has 1 saturated heterocycles. The van der Waals surface area contributed by atoms with Crippen LogP contribution in [0, 0.1) is 0 Å². The fourth-order valence-corrected chi connectivity index (χ4v) is 4.32. The molecule has 1 aliphatic rings. The van der Waals surface area contributed by atoms with Crippen molar-refractivity contribution in [2.24, 2.45) is 0 Å². The highest BCUT2D eigenvalue weighted by molar-refractivity contribution is 6.31. The van der Waals surface area contributed by atoms with E-state index >= 15 is 0 Å². The average Bonchev–Trinajstić information content (AvgIpc) is 3.32. The Kier molecular flexibility index (Phi) is 5.86. The smallest absolute Gasteiger partial charge is 0.221 e. The minimum Gasteiger partial charge on any atom is -0.373 e. The highest BCUT2D eigenvalue weighted by atomic mass is 35.5. The number of aromatic amines is 1. The average molecular weight is 431 g/mol. The Bertz CT molecular complexity index is 1010. The summed E-state index contributed by atoms with van der Waals surface area (Å²) in [6.45, 7) is 3.34. The molecule has 6 heteroatoms. The number of hydrogen-bond donors (Lipinski definition) is 2. The Morgan fingerprint density at radius 2 is 1.97 bits per heavy atom. The van der Waals surface area contributed by atoms with Gasteiger partial charge in [0.15, 0.2) is 0 Å². The van der Waals surface area contributed by atoms with Crippen molar-refractivity contribution in [1.29, 1.82) is 0 Å². The molecule has 0 unspecified atom stereocenters. The second-order valence-corrected chi connectivity index (χ2v) is 8.79. The highest BCUT2D eigenvalue weighted by Crippen LogP contribution is 2.35. The third-order valence-electron chi connectivity index (χ3n) is 5.67. The summed E-state index contributed by atoms with van der Waals surface area (Å²) in [6, 6.07) is 13.4. The van der Waals surface area contributed by atoms with E-state index in [1.165, 1.54) is 0 Å². The molecule has 4 nitrogen and oxygen atoms in total. The molecule has 2 aromatic carbocycles. The van der Waals surface area contributed by atoms with Crippen LogP contribution in [0.25, 0.3) is 10.9 Å². The van der Waals surface area contributed by atoms with Gasteiger partial charge in [0.05, 0.1) is 5.60 Å². The number of halogens is 2. The third kappa shape index (κ3) is 4.61. The number of hydrogen-bond acceptors (Lipinski definition) is 2. The van der Waals surface area contributed by atoms with E-state index in [1.54, 1.807) is 0 Å². The SMILES string of the molecule is C[C@@]1(CNC(=O)C[C@H](c2ccc(Cl)cc2)c2c[nH]c3ccc(Cl)cc23)CCCO1. The Hall–Kier alpha value is -2.01. The number of fused-ring (bicyclic) bond motifs is 1. The number of ether oxygens (including phenoxy) is 1. The Morgan fingerprint density at radius 3 is 2.69 bits per heavy atom. The van der Waals surface area contributed by atoms with Gasteiger partial charge in [0.2, 0.25) is 5.91 Å². The molecule has 1 fully saturated rings. The number of benzene rings is 2. The monoisotopic (exact) mass is 430 g/mol. The van der Waals surface area contributed by atoms with E-state index in [0.717, 1.165) is 41.5 Å². The number of amides is 1. The molecular weight excluding hydrogens is 407 g/mol. The van der Waals surface area contributed by atoms with Crippen molar-refractivity contribution in [1.82, 2.24) is 10.3 Å². The molecule has 2 N–H and O–H groups in total. The minimum absolute atomic E-state index is 0.00180. The van der Waals surface area contributed by atoms with Crippen LogP contribution in [0.3, 0.4) is 0 Å². The summed E-state index contributed by atoms with van der Waals surface area (Å²) < 4.78 is 5.79. The molecule has 2 atom stereocenters. The van der Waals surface area contributed by atoms with Crippen molar-refractivity contribution in [3.05, 3.63) is 69.8 Å². The maximum Gasteiger partial charge on any atom is 0.221 e. The summed E-state index contributed by atoms with van der Waals surface area (Å²) >= 11 is 12.3. The Morgan fingerprint density at radius 1 is 1.21 bits per heavy atom. The lowest BCUT2D eigenvalue weighted by atomic mass is 9.88. The first kappa shape index (κ1) is 20.3. The molecular formula is C23H24Cl2N2O2. The number of carbonyl (C=O) groups is 1. The molecule has 152 valence electrons. The molecule has 0 aliphatic carbocycles. The first-order valence-corrected chi connectivity index (χ1v) is 10.6. The van der Waals surface area contributed by atoms with Crippen LogP contribution in [0.15, 0.2) is 48.7 Å². The standard InChI is InChI=1S/C23H24Cl2N2O2/c1-23(9-2-10-29-23)14-27-22(28)12-18(15-3-5-16(24)6-4-15)20-13-26-21-8-7-17(25)11-19(20)21/h3-8,11,13,18,26H,2,9-10,12,14H2,1H3,(H,27,28)/t18-,23+/m1/s1. The normalized spacial score (nSPS) is 20.1. The molecule has 1 aliphatic heterocycles. The zero-order valence-corrected chi connectivity index (χ0v) is 17.8. The maximum absolute atomic E-state index is 12.9. The van der Waals surface area contributed by atoms with Crippen molar-refractivity contribution in [2.45, 2.75) is 37.7 Å². The molecule has 4 rings (SSSR count). The van der Waals surface area contributed by atoms with E-state index in [2.05, 4.69) is 17.2 Å². The summed E-state index contributed by atoms with van der Waals surface area (Å²) in [7, 11) is 0. The number of nitrogens with one attached hydrogen (secondary N) is 2. The second kappa shape index (κ2) is 8.39. The van der Waals surface area contributed by atoms with Gasteiger partial charge in [-0.05, 0) is 61.2 Å². The highest BCUT2D eigenvalue weighted by Gasteiger charge is 2.30. The Labute approximate surface area is 180 Å². The summed E-state index contributed by atoms with van der Waals surface area (Å²) in [5.41, 5.74) is 2.81. The van der Waals surface area contributed by atoms with Gasteiger partial charge in [-0.1, -0.05) is 35.3 Å². The van der Waals surface area contributed by atoms with Crippen molar-refractivity contribution in [3.63, 3.8) is 0 Å². The molecule has 1 amide bonds. The van der Waals surface area contributed by atoms with Crippen molar-refractivity contribution in [2.75, 3.05) is 13.2 Å². The van der Waals surface area contributed by atoms with Gasteiger partial charge in [-0.3, -0.25) is 4.79 Å². The van der Waals surface area contributed by atoms with Gasteiger partial charge in [0.1, 0.15) is 0 Å². The van der Waals surface area contributed by atoms with Gasteiger partial charge in [-0.25, -0.2) is 0 Å². The third-order valence-corrected chi connectivity index (χ3v) is 6.16. The lowest BCUT2D eigenvalue weighted by Gasteiger charge is -2.24. The van der Waals surface area contributed by atoms with Gasteiger partial charge in [-0.2, -0.15) is 0 Å². The van der Waals surface area contributed by atoms with E-state index in [-0.39, 0.29) is 17.4 Å². The zero-order chi connectivity index (χ0) is 20.4. The van der Waals surface area contributed by atoms with Crippen molar-refractivity contribution >= 4 is 40.0 Å². The largest absolute Gasteiger partial charge is 0.373 e. The topological polar surface area (TPSA) is 54.1 Å². The van der Waals surface area contributed by atoms with E-state index in [9.17, 15) is 4.79 Å². The van der Waals surface area contributed by atoms with Gasteiger partial charge < -0.3 is 15.0 Å². The second-order valence-electron chi connectivity index (χ2n) is 7.92. The van der Waals surface area contributed by atoms with Crippen LogP contribution >= 0.6 is 23.2 Å². The van der Waals surface area contributed by atoms with Crippen LogP contribution in [0.2, 0.25) is 10.0 Å². The quantitative estimate of drug-likeness (QED) is 0.528. The molecule has 0 spiro atoms. The number of rotatable bonds is 6. The molecule has 3 aromatic rings. The van der Waals surface area contributed by atoms with Gasteiger partial charge in [-0.15, -0.1) is 0 Å². The number of aromatic nitrogens is 1. The molecule has 0 saturated carbocycles. The van der Waals surface area contributed by atoms with E-state index < -0.39 is 0 Å². The zero-order valence-electron chi connectivity index (χ0n) is 16.3. The van der Waals surface area contributed by atoms with Crippen LogP contribution < -0.4 is 5.32 Å². The fourth-order valence-electron chi connectivity index (χ4n) is 4.02. The van der Waals surface area contributed by atoms with Crippen LogP contribution in [-0.4, -0.2) is 29.6 Å². The van der Waals surface area contributed by atoms with Crippen LogP contribution in [-0.2, 0) is 9.53 Å². The van der Waals surface area contributed by atoms with Gasteiger partial charge in [0, 0.05) is 52.6 Å². The molecule has 1 aromatic heterocycles. The number of H-pyrrole nitrogens is 1. The minimum atomic E-state index is -0.264. The first-order valence-electron chi connectivity index (χ1n) is 9.86. The lowest BCUT2D eigenvalue weighted by Crippen LogP contribution is -2.40. The molecule has 2 heterocycles. The number of carbonyl (C=O) groups excluding carboxylic acids is 1. The first-order chi connectivity index (χ1) is 13.9.